The second-order valence-corrected chi connectivity index (χ2v) is 5.21. The van der Waals surface area contributed by atoms with E-state index in [4.69, 9.17) is 17.3 Å². The zero-order chi connectivity index (χ0) is 14.7. The van der Waals surface area contributed by atoms with E-state index in [1.165, 1.54) is 11.9 Å². The Morgan fingerprint density at radius 2 is 1.87 bits per heavy atom. The fraction of sp³-hybridized carbons (Fsp3) is 0.294. The van der Waals surface area contributed by atoms with Gasteiger partial charge in [-0.15, -0.1) is 0 Å². The van der Waals surface area contributed by atoms with Crippen LogP contribution in [0.2, 0.25) is 5.02 Å². The average molecular weight is 334 g/mol. The number of benzene rings is 1. The molecule has 0 radical (unpaired) electrons. The molecule has 2 aromatic rings. The predicted molar refractivity (Wildman–Crippen MR) is 101 cm³/mol. The molecule has 3 rings (SSSR count). The monoisotopic (exact) mass is 333 g/mol. The Morgan fingerprint density at radius 1 is 1.13 bits per heavy atom. The fourth-order valence-electron chi connectivity index (χ4n) is 2.20. The number of aromatic nitrogens is 2. The van der Waals surface area contributed by atoms with Crippen molar-refractivity contribution >= 4 is 34.7 Å². The first-order valence-corrected chi connectivity index (χ1v) is 7.15. The van der Waals surface area contributed by atoms with Gasteiger partial charge in [-0.1, -0.05) is 38.6 Å². The molecule has 23 heavy (non-hydrogen) atoms. The summed E-state index contributed by atoms with van der Waals surface area (Å²) in [6.07, 6.45) is 6.99. The lowest BCUT2D eigenvalue weighted by atomic mass is 10.2. The molecule has 6 heteroatoms. The van der Waals surface area contributed by atoms with E-state index >= 15 is 0 Å². The Kier molecular flexibility index (Phi) is 6.85. The van der Waals surface area contributed by atoms with E-state index in [1.54, 1.807) is 0 Å². The number of nitrogens with zero attached hydrogens (tertiary/aromatic N) is 3. The molecule has 0 spiro atoms. The normalized spacial score (nSPS) is 13.0. The molecule has 2 heterocycles. The van der Waals surface area contributed by atoms with Gasteiger partial charge in [0.1, 0.15) is 10.8 Å². The largest absolute Gasteiger partial charge is 0.382 e. The molecule has 0 saturated heterocycles. The van der Waals surface area contributed by atoms with Crippen molar-refractivity contribution < 1.29 is 0 Å². The minimum atomic E-state index is 0. The summed E-state index contributed by atoms with van der Waals surface area (Å²) in [4.78, 5) is 10.5. The summed E-state index contributed by atoms with van der Waals surface area (Å²) < 4.78 is 0. The lowest BCUT2D eigenvalue weighted by Gasteiger charge is -2.25. The first kappa shape index (κ1) is 18.8. The van der Waals surface area contributed by atoms with Gasteiger partial charge in [0.05, 0.1) is 6.20 Å². The van der Waals surface area contributed by atoms with Crippen LogP contribution in [-0.2, 0) is 0 Å². The summed E-state index contributed by atoms with van der Waals surface area (Å²) in [6, 6.07) is 8.17. The summed E-state index contributed by atoms with van der Waals surface area (Å²) in [5, 5.41) is 3.46. The van der Waals surface area contributed by atoms with E-state index in [1.807, 2.05) is 12.1 Å². The molecule has 1 aliphatic heterocycles. The van der Waals surface area contributed by atoms with Crippen molar-refractivity contribution in [2.45, 2.75) is 21.3 Å². The third-order valence-corrected chi connectivity index (χ3v) is 3.61. The van der Waals surface area contributed by atoms with Crippen LogP contribution in [0.5, 0.6) is 0 Å². The van der Waals surface area contributed by atoms with Gasteiger partial charge in [-0.3, -0.25) is 0 Å². The maximum absolute atomic E-state index is 5.80. The minimum absolute atomic E-state index is 0. The Labute approximate surface area is 143 Å². The highest BCUT2D eigenvalue weighted by molar-refractivity contribution is 6.32. The first-order chi connectivity index (χ1) is 10.2. The standard InChI is InChI=1S/C15H16ClN5.2CH4/c16-13-10-18-15(20-14(13)17)19-11-4-6-12(7-5-11)21-8-2-1-3-9-21;;/h1-2,4-7,10H,3,8-9H2,(H3,17,18,19,20);2*1H4. The highest BCUT2D eigenvalue weighted by Crippen LogP contribution is 2.22. The van der Waals surface area contributed by atoms with E-state index in [0.717, 1.165) is 25.2 Å². The van der Waals surface area contributed by atoms with Crippen LogP contribution in [-0.4, -0.2) is 23.1 Å². The van der Waals surface area contributed by atoms with Crippen molar-refractivity contribution in [1.29, 1.82) is 0 Å². The number of rotatable bonds is 3. The van der Waals surface area contributed by atoms with Gasteiger partial charge < -0.3 is 16.0 Å². The summed E-state index contributed by atoms with van der Waals surface area (Å²) in [5.74, 6) is 0.705. The number of nitrogens with two attached hydrogens (primary N) is 1. The Bertz CT molecular complexity index is 655. The average Bonchev–Trinajstić information content (AvgIpc) is 2.53. The zero-order valence-electron chi connectivity index (χ0n) is 11.5. The Hall–Kier alpha value is -2.27. The molecule has 5 nitrogen and oxygen atoms in total. The molecular formula is C17H24ClN5. The molecule has 0 atom stereocenters. The molecule has 1 aromatic heterocycles. The lowest BCUT2D eigenvalue weighted by molar-refractivity contribution is 0.821. The quantitative estimate of drug-likeness (QED) is 0.810. The van der Waals surface area contributed by atoms with Gasteiger partial charge >= 0.3 is 0 Å². The summed E-state index contributed by atoms with van der Waals surface area (Å²) in [6.45, 7) is 2.02. The molecule has 124 valence electrons. The van der Waals surface area contributed by atoms with Gasteiger partial charge in [0, 0.05) is 24.5 Å². The first-order valence-electron chi connectivity index (χ1n) is 6.77. The summed E-state index contributed by atoms with van der Waals surface area (Å²) >= 11 is 5.80. The number of nitrogens with one attached hydrogen (secondary N) is 1. The van der Waals surface area contributed by atoms with E-state index in [0.29, 0.717) is 11.0 Å². The molecule has 1 aliphatic rings. The van der Waals surface area contributed by atoms with Crippen LogP contribution < -0.4 is 16.0 Å². The van der Waals surface area contributed by atoms with E-state index in [-0.39, 0.29) is 20.7 Å². The SMILES string of the molecule is C.C.Nc1nc(Nc2ccc(N3CC=CCC3)cc2)ncc1Cl. The van der Waals surface area contributed by atoms with Crippen molar-refractivity contribution in [3.05, 3.63) is 47.6 Å². The lowest BCUT2D eigenvalue weighted by Crippen LogP contribution is -2.26. The van der Waals surface area contributed by atoms with Gasteiger partial charge in [-0.25, -0.2) is 4.98 Å². The van der Waals surface area contributed by atoms with Gasteiger partial charge in [0.25, 0.3) is 0 Å². The van der Waals surface area contributed by atoms with Gasteiger partial charge in [0.2, 0.25) is 5.95 Å². The van der Waals surface area contributed by atoms with Gasteiger partial charge in [-0.05, 0) is 30.7 Å². The van der Waals surface area contributed by atoms with Crippen LogP contribution in [0.3, 0.4) is 0 Å². The van der Waals surface area contributed by atoms with E-state index in [2.05, 4.69) is 44.5 Å². The molecule has 0 bridgehead atoms. The Balaban J connectivity index is 0.00000132. The number of halogens is 1. The predicted octanol–water partition coefficient (Wildman–Crippen LogP) is 4.49. The summed E-state index contributed by atoms with van der Waals surface area (Å²) in [7, 11) is 0. The van der Waals surface area contributed by atoms with Crippen LogP contribution in [0.25, 0.3) is 0 Å². The maximum Gasteiger partial charge on any atom is 0.229 e. The van der Waals surface area contributed by atoms with Crippen LogP contribution >= 0.6 is 11.6 Å². The highest BCUT2D eigenvalue weighted by Gasteiger charge is 2.07. The van der Waals surface area contributed by atoms with Crippen molar-refractivity contribution in [3.63, 3.8) is 0 Å². The van der Waals surface area contributed by atoms with Crippen LogP contribution in [0.4, 0.5) is 23.1 Å². The number of nitrogen functional groups attached to an aromatic ring is 1. The second-order valence-electron chi connectivity index (χ2n) is 4.80. The summed E-state index contributed by atoms with van der Waals surface area (Å²) in [5.41, 5.74) is 7.78. The maximum atomic E-state index is 5.80. The zero-order valence-corrected chi connectivity index (χ0v) is 12.2. The Morgan fingerprint density at radius 3 is 2.48 bits per heavy atom. The van der Waals surface area contributed by atoms with Gasteiger partial charge in [-0.2, -0.15) is 4.98 Å². The fourth-order valence-corrected chi connectivity index (χ4v) is 2.29. The van der Waals surface area contributed by atoms with Crippen molar-refractivity contribution in [3.8, 4) is 0 Å². The number of hydrogen-bond donors (Lipinski definition) is 2. The molecule has 0 saturated carbocycles. The van der Waals surface area contributed by atoms with Crippen LogP contribution in [0, 0.1) is 0 Å². The van der Waals surface area contributed by atoms with Crippen molar-refractivity contribution in [1.82, 2.24) is 9.97 Å². The number of hydrogen-bond acceptors (Lipinski definition) is 5. The molecule has 0 amide bonds. The second kappa shape index (κ2) is 8.39. The topological polar surface area (TPSA) is 67.1 Å². The van der Waals surface area contributed by atoms with E-state index in [9.17, 15) is 0 Å². The number of anilines is 4. The highest BCUT2D eigenvalue weighted by atomic mass is 35.5. The minimum Gasteiger partial charge on any atom is -0.382 e. The molecular weight excluding hydrogens is 310 g/mol. The smallest absolute Gasteiger partial charge is 0.229 e. The van der Waals surface area contributed by atoms with Crippen molar-refractivity contribution in [2.75, 3.05) is 29.0 Å². The third kappa shape index (κ3) is 4.60. The molecule has 0 aliphatic carbocycles. The third-order valence-electron chi connectivity index (χ3n) is 3.32. The molecule has 1 aromatic carbocycles. The molecule has 0 unspecified atom stereocenters. The van der Waals surface area contributed by atoms with Gasteiger partial charge in [0.15, 0.2) is 0 Å². The van der Waals surface area contributed by atoms with Crippen LogP contribution in [0.1, 0.15) is 21.3 Å². The van der Waals surface area contributed by atoms with Crippen LogP contribution in [0.15, 0.2) is 42.6 Å². The van der Waals surface area contributed by atoms with E-state index < -0.39 is 0 Å². The van der Waals surface area contributed by atoms with Crippen molar-refractivity contribution in [2.24, 2.45) is 0 Å². The molecule has 3 N–H and O–H groups in total. The molecule has 0 fully saturated rings.